The van der Waals surface area contributed by atoms with E-state index in [0.29, 0.717) is 19.5 Å². The highest BCUT2D eigenvalue weighted by atomic mass is 32.2. The number of fused-ring (bicyclic) bond motifs is 1. The molecule has 0 aliphatic heterocycles. The SMILES string of the molecule is Cc1cc2c(n1CCNS(C)(=O)=O)CC(C)(C)CC2=O. The van der Waals surface area contributed by atoms with E-state index in [2.05, 4.69) is 23.1 Å². The molecule has 0 radical (unpaired) electrons. The van der Waals surface area contributed by atoms with Crippen LogP contribution in [0, 0.1) is 12.3 Å². The fourth-order valence-corrected chi connectivity index (χ4v) is 3.32. The van der Waals surface area contributed by atoms with Gasteiger partial charge in [0.25, 0.3) is 0 Å². The number of ketones is 1. The van der Waals surface area contributed by atoms with Crippen molar-refractivity contribution >= 4 is 15.8 Å². The van der Waals surface area contributed by atoms with Gasteiger partial charge in [-0.25, -0.2) is 13.1 Å². The molecule has 0 saturated heterocycles. The molecule has 5 nitrogen and oxygen atoms in total. The van der Waals surface area contributed by atoms with Gasteiger partial charge >= 0.3 is 0 Å². The fourth-order valence-electron chi connectivity index (χ4n) is 2.86. The van der Waals surface area contributed by atoms with Gasteiger partial charge in [0, 0.05) is 36.5 Å². The van der Waals surface area contributed by atoms with E-state index >= 15 is 0 Å². The number of hydrogen-bond acceptors (Lipinski definition) is 3. The largest absolute Gasteiger partial charge is 0.347 e. The van der Waals surface area contributed by atoms with Crippen LogP contribution in [0.5, 0.6) is 0 Å². The number of aryl methyl sites for hydroxylation is 1. The van der Waals surface area contributed by atoms with Crippen LogP contribution < -0.4 is 4.72 Å². The first-order valence-electron chi connectivity index (χ1n) is 6.76. The summed E-state index contributed by atoms with van der Waals surface area (Å²) in [4.78, 5) is 12.2. The summed E-state index contributed by atoms with van der Waals surface area (Å²) < 4.78 is 26.8. The van der Waals surface area contributed by atoms with Crippen LogP contribution in [0.25, 0.3) is 0 Å². The molecule has 20 heavy (non-hydrogen) atoms. The van der Waals surface area contributed by atoms with E-state index in [1.807, 2.05) is 13.0 Å². The van der Waals surface area contributed by atoms with Gasteiger partial charge in [-0.3, -0.25) is 4.79 Å². The number of carbonyl (C=O) groups excluding carboxylic acids is 1. The molecular formula is C14H22N2O3S. The Kier molecular flexibility index (Phi) is 3.81. The Morgan fingerprint density at radius 3 is 2.60 bits per heavy atom. The summed E-state index contributed by atoms with van der Waals surface area (Å²) in [6.07, 6.45) is 2.57. The zero-order valence-electron chi connectivity index (χ0n) is 12.5. The van der Waals surface area contributed by atoms with Gasteiger partial charge in [0.05, 0.1) is 6.26 Å². The second-order valence-corrected chi connectivity index (χ2v) is 8.24. The van der Waals surface area contributed by atoms with Crippen molar-refractivity contribution in [2.75, 3.05) is 12.8 Å². The third-order valence-electron chi connectivity index (χ3n) is 3.70. The van der Waals surface area contributed by atoms with Gasteiger partial charge in [0.15, 0.2) is 5.78 Å². The van der Waals surface area contributed by atoms with Crippen LogP contribution in [-0.4, -0.2) is 31.6 Å². The van der Waals surface area contributed by atoms with Gasteiger partial charge in [0.2, 0.25) is 10.0 Å². The molecule has 1 aliphatic carbocycles. The highest BCUT2D eigenvalue weighted by Crippen LogP contribution is 2.36. The molecule has 0 bridgehead atoms. The van der Waals surface area contributed by atoms with Crippen molar-refractivity contribution in [1.29, 1.82) is 0 Å². The number of hydrogen-bond donors (Lipinski definition) is 1. The standard InChI is InChI=1S/C14H22N2O3S/c1-10-7-11-12(8-14(2,3)9-13(11)17)16(10)6-5-15-20(4,18)19/h7,15H,5-6,8-9H2,1-4H3. The van der Waals surface area contributed by atoms with E-state index in [-0.39, 0.29) is 11.2 Å². The van der Waals surface area contributed by atoms with Gasteiger partial charge in [0.1, 0.15) is 0 Å². The molecule has 6 heteroatoms. The zero-order chi connectivity index (χ0) is 15.1. The van der Waals surface area contributed by atoms with E-state index in [4.69, 9.17) is 0 Å². The summed E-state index contributed by atoms with van der Waals surface area (Å²) in [5.41, 5.74) is 2.83. The van der Waals surface area contributed by atoms with Crippen LogP contribution in [-0.2, 0) is 23.0 Å². The summed E-state index contributed by atoms with van der Waals surface area (Å²) in [5.74, 6) is 0.189. The first-order chi connectivity index (χ1) is 9.09. The minimum Gasteiger partial charge on any atom is -0.347 e. The molecule has 1 N–H and O–H groups in total. The van der Waals surface area contributed by atoms with Crippen molar-refractivity contribution in [3.8, 4) is 0 Å². The topological polar surface area (TPSA) is 68.2 Å². The first kappa shape index (κ1) is 15.3. The quantitative estimate of drug-likeness (QED) is 0.916. The molecule has 1 aromatic rings. The third-order valence-corrected chi connectivity index (χ3v) is 4.43. The van der Waals surface area contributed by atoms with Crippen molar-refractivity contribution < 1.29 is 13.2 Å². The summed E-state index contributed by atoms with van der Waals surface area (Å²) in [5, 5.41) is 0. The Hall–Kier alpha value is -1.14. The van der Waals surface area contributed by atoms with Crippen LogP contribution in [0.4, 0.5) is 0 Å². The molecule has 112 valence electrons. The van der Waals surface area contributed by atoms with Crippen molar-refractivity contribution in [1.82, 2.24) is 9.29 Å². The molecule has 0 spiro atoms. The minimum absolute atomic E-state index is 0.0309. The van der Waals surface area contributed by atoms with Crippen molar-refractivity contribution in [2.45, 2.75) is 40.2 Å². The maximum atomic E-state index is 12.2. The van der Waals surface area contributed by atoms with Gasteiger partial charge in [-0.2, -0.15) is 0 Å². The Morgan fingerprint density at radius 1 is 1.35 bits per heavy atom. The maximum Gasteiger partial charge on any atom is 0.208 e. The second kappa shape index (κ2) is 5.00. The van der Waals surface area contributed by atoms with Crippen LogP contribution in [0.2, 0.25) is 0 Å². The van der Waals surface area contributed by atoms with E-state index in [1.54, 1.807) is 0 Å². The lowest BCUT2D eigenvalue weighted by Crippen LogP contribution is -2.30. The zero-order valence-corrected chi connectivity index (χ0v) is 13.3. The molecule has 1 aliphatic rings. The lowest BCUT2D eigenvalue weighted by molar-refractivity contribution is 0.0910. The number of rotatable bonds is 4. The van der Waals surface area contributed by atoms with Gasteiger partial charge in [-0.1, -0.05) is 13.8 Å². The normalized spacial score (nSPS) is 18.1. The molecule has 0 aromatic carbocycles. The Morgan fingerprint density at radius 2 is 2.00 bits per heavy atom. The average molecular weight is 298 g/mol. The van der Waals surface area contributed by atoms with Gasteiger partial charge < -0.3 is 4.57 Å². The number of nitrogens with zero attached hydrogens (tertiary/aromatic N) is 1. The number of Topliss-reactive ketones (excluding diaryl/α,β-unsaturated/α-hetero) is 1. The van der Waals surface area contributed by atoms with Gasteiger partial charge in [-0.05, 0) is 24.8 Å². The lowest BCUT2D eigenvalue weighted by Gasteiger charge is -2.29. The monoisotopic (exact) mass is 298 g/mol. The molecular weight excluding hydrogens is 276 g/mol. The smallest absolute Gasteiger partial charge is 0.208 e. The number of nitrogens with one attached hydrogen (secondary N) is 1. The summed E-state index contributed by atoms with van der Waals surface area (Å²) in [6, 6.07) is 1.92. The molecule has 2 rings (SSSR count). The van der Waals surface area contributed by atoms with Crippen molar-refractivity contribution in [3.63, 3.8) is 0 Å². The van der Waals surface area contributed by atoms with Crippen LogP contribution >= 0.6 is 0 Å². The summed E-state index contributed by atoms with van der Waals surface area (Å²) in [6.45, 7) is 7.04. The Balaban J connectivity index is 2.25. The average Bonchev–Trinajstić information content (AvgIpc) is 2.54. The van der Waals surface area contributed by atoms with E-state index in [9.17, 15) is 13.2 Å². The molecule has 0 unspecified atom stereocenters. The minimum atomic E-state index is -3.18. The van der Waals surface area contributed by atoms with Crippen molar-refractivity contribution in [3.05, 3.63) is 23.0 Å². The third kappa shape index (κ3) is 3.30. The molecule has 0 amide bonds. The second-order valence-electron chi connectivity index (χ2n) is 6.41. The van der Waals surface area contributed by atoms with E-state index in [0.717, 1.165) is 29.6 Å². The van der Waals surface area contributed by atoms with E-state index in [1.165, 1.54) is 0 Å². The number of carbonyl (C=O) groups is 1. The lowest BCUT2D eigenvalue weighted by atomic mass is 9.76. The predicted octanol–water partition coefficient (Wildman–Crippen LogP) is 1.50. The molecule has 0 fully saturated rings. The number of sulfonamides is 1. The summed E-state index contributed by atoms with van der Waals surface area (Å²) in [7, 11) is -3.18. The predicted molar refractivity (Wildman–Crippen MR) is 78.4 cm³/mol. The van der Waals surface area contributed by atoms with Crippen LogP contribution in [0.1, 0.15) is 42.0 Å². The first-order valence-corrected chi connectivity index (χ1v) is 8.65. The van der Waals surface area contributed by atoms with Crippen LogP contribution in [0.3, 0.4) is 0 Å². The Labute approximate surface area is 120 Å². The number of aromatic nitrogens is 1. The fraction of sp³-hybridized carbons (Fsp3) is 0.643. The summed E-state index contributed by atoms with van der Waals surface area (Å²) >= 11 is 0. The maximum absolute atomic E-state index is 12.2. The molecule has 0 saturated carbocycles. The molecule has 0 atom stereocenters. The molecule has 1 aromatic heterocycles. The van der Waals surface area contributed by atoms with E-state index < -0.39 is 10.0 Å². The molecule has 1 heterocycles. The van der Waals surface area contributed by atoms with Gasteiger partial charge in [-0.15, -0.1) is 0 Å². The van der Waals surface area contributed by atoms with Crippen LogP contribution in [0.15, 0.2) is 6.07 Å². The Bertz CT molecular complexity index is 642. The van der Waals surface area contributed by atoms with Crippen molar-refractivity contribution in [2.24, 2.45) is 5.41 Å². The highest BCUT2D eigenvalue weighted by Gasteiger charge is 2.33. The highest BCUT2D eigenvalue weighted by molar-refractivity contribution is 7.88.